The quantitative estimate of drug-likeness (QED) is 0.404. The lowest BCUT2D eigenvalue weighted by Gasteiger charge is -2.11. The van der Waals surface area contributed by atoms with Crippen LogP contribution in [0.4, 0.5) is 0 Å². The number of carboxylic acids is 1. The lowest BCUT2D eigenvalue weighted by Crippen LogP contribution is -2.24. The molecular formula is C18H19BrN2O5. The highest BCUT2D eigenvalue weighted by Crippen LogP contribution is 2.38. The third kappa shape index (κ3) is 3.65. The van der Waals surface area contributed by atoms with E-state index in [2.05, 4.69) is 15.9 Å². The van der Waals surface area contributed by atoms with Crippen molar-refractivity contribution in [3.8, 4) is 5.75 Å². The number of amides is 1. The van der Waals surface area contributed by atoms with Crippen LogP contribution in [-0.4, -0.2) is 33.9 Å². The Hall–Kier alpha value is -2.61. The molecule has 0 spiro atoms. The van der Waals surface area contributed by atoms with Crippen LogP contribution in [0.2, 0.25) is 0 Å². The number of allylic oxidation sites excluding steroid dienone is 2. The van der Waals surface area contributed by atoms with E-state index in [1.54, 1.807) is 19.1 Å². The molecule has 26 heavy (non-hydrogen) atoms. The molecule has 0 saturated heterocycles. The number of halogens is 1. The van der Waals surface area contributed by atoms with E-state index in [4.69, 9.17) is 15.6 Å². The van der Waals surface area contributed by atoms with Gasteiger partial charge in [0, 0.05) is 16.7 Å². The first-order chi connectivity index (χ1) is 12.2. The van der Waals surface area contributed by atoms with Gasteiger partial charge in [-0.15, -0.1) is 0 Å². The SMILES string of the molecule is C/C=C(\C)Cn1c(C)c(C(=O)C(N)=O)c2c(OCC(=O)O)ccc(Br)c21. The van der Waals surface area contributed by atoms with Crippen LogP contribution in [-0.2, 0) is 16.1 Å². The van der Waals surface area contributed by atoms with Gasteiger partial charge in [0.05, 0.1) is 16.5 Å². The summed E-state index contributed by atoms with van der Waals surface area (Å²) in [5, 5.41) is 9.26. The van der Waals surface area contributed by atoms with E-state index in [0.29, 0.717) is 27.6 Å². The molecule has 2 aromatic rings. The number of carbonyl (C=O) groups is 3. The van der Waals surface area contributed by atoms with Crippen LogP contribution in [0, 0.1) is 6.92 Å². The number of carboxylic acid groups (broad SMARTS) is 1. The van der Waals surface area contributed by atoms with Gasteiger partial charge in [0.25, 0.3) is 11.7 Å². The largest absolute Gasteiger partial charge is 0.481 e. The van der Waals surface area contributed by atoms with Gasteiger partial charge in [0.15, 0.2) is 6.61 Å². The molecule has 0 aliphatic rings. The van der Waals surface area contributed by atoms with Crippen molar-refractivity contribution in [3.05, 3.63) is 39.5 Å². The Morgan fingerprint density at radius 1 is 1.35 bits per heavy atom. The van der Waals surface area contributed by atoms with Crippen molar-refractivity contribution < 1.29 is 24.2 Å². The summed E-state index contributed by atoms with van der Waals surface area (Å²) >= 11 is 3.47. The van der Waals surface area contributed by atoms with Crippen molar-refractivity contribution in [2.24, 2.45) is 5.73 Å². The molecule has 1 aromatic carbocycles. The monoisotopic (exact) mass is 422 g/mol. The zero-order valence-corrected chi connectivity index (χ0v) is 16.2. The first-order valence-corrected chi connectivity index (χ1v) is 8.60. The number of hydrogen-bond acceptors (Lipinski definition) is 4. The van der Waals surface area contributed by atoms with E-state index < -0.39 is 24.3 Å². The highest BCUT2D eigenvalue weighted by atomic mass is 79.9. The standard InChI is InChI=1S/C18H19BrN2O5/c1-4-9(2)7-21-10(3)14(17(24)18(20)25)15-12(26-8-13(22)23)6-5-11(19)16(15)21/h4-6H,7-8H2,1-3H3,(H2,20,25)(H,22,23)/b9-4+. The third-order valence-corrected chi connectivity index (χ3v) is 4.72. The minimum atomic E-state index is -1.15. The van der Waals surface area contributed by atoms with E-state index in [0.717, 1.165) is 5.57 Å². The molecule has 1 amide bonds. The smallest absolute Gasteiger partial charge is 0.341 e. The van der Waals surface area contributed by atoms with Crippen molar-refractivity contribution >= 4 is 44.5 Å². The Labute approximate surface area is 158 Å². The number of fused-ring (bicyclic) bond motifs is 1. The van der Waals surface area contributed by atoms with Crippen molar-refractivity contribution in [2.75, 3.05) is 6.61 Å². The van der Waals surface area contributed by atoms with Crippen molar-refractivity contribution in [3.63, 3.8) is 0 Å². The summed E-state index contributed by atoms with van der Waals surface area (Å²) in [6.07, 6.45) is 1.94. The molecule has 0 saturated carbocycles. The van der Waals surface area contributed by atoms with Gasteiger partial charge < -0.3 is 20.1 Å². The van der Waals surface area contributed by atoms with Gasteiger partial charge in [0.1, 0.15) is 5.75 Å². The Balaban J connectivity index is 2.86. The van der Waals surface area contributed by atoms with E-state index in [-0.39, 0.29) is 11.3 Å². The summed E-state index contributed by atoms with van der Waals surface area (Å²) in [6, 6.07) is 3.26. The van der Waals surface area contributed by atoms with Crippen molar-refractivity contribution in [1.29, 1.82) is 0 Å². The van der Waals surface area contributed by atoms with Crippen LogP contribution in [0.15, 0.2) is 28.3 Å². The number of Topliss-reactive ketones (excluding diaryl/α,β-unsaturated/α-hetero) is 1. The third-order valence-electron chi connectivity index (χ3n) is 4.08. The number of rotatable bonds is 7. The van der Waals surface area contributed by atoms with Gasteiger partial charge in [-0.1, -0.05) is 11.6 Å². The molecule has 1 aromatic heterocycles. The number of nitrogens with zero attached hydrogens (tertiary/aromatic N) is 1. The van der Waals surface area contributed by atoms with Gasteiger partial charge in [-0.05, 0) is 48.8 Å². The Morgan fingerprint density at radius 3 is 2.54 bits per heavy atom. The highest BCUT2D eigenvalue weighted by Gasteiger charge is 2.27. The summed E-state index contributed by atoms with van der Waals surface area (Å²) in [5.41, 5.74) is 7.58. The maximum atomic E-state index is 12.5. The number of benzene rings is 1. The van der Waals surface area contributed by atoms with Gasteiger partial charge in [0.2, 0.25) is 0 Å². The Morgan fingerprint density at radius 2 is 2.00 bits per heavy atom. The first-order valence-electron chi connectivity index (χ1n) is 7.80. The van der Waals surface area contributed by atoms with Gasteiger partial charge in [-0.2, -0.15) is 0 Å². The molecule has 0 fully saturated rings. The molecule has 8 heteroatoms. The maximum absolute atomic E-state index is 12.5. The van der Waals surface area contributed by atoms with Crippen LogP contribution < -0.4 is 10.5 Å². The number of hydrogen-bond donors (Lipinski definition) is 2. The topological polar surface area (TPSA) is 112 Å². The predicted molar refractivity (Wildman–Crippen MR) is 100 cm³/mol. The van der Waals surface area contributed by atoms with Gasteiger partial charge >= 0.3 is 5.97 Å². The number of aliphatic carboxylic acids is 1. The minimum Gasteiger partial charge on any atom is -0.481 e. The number of ether oxygens (including phenoxy) is 1. The second-order valence-corrected chi connectivity index (χ2v) is 6.68. The second kappa shape index (κ2) is 7.74. The lowest BCUT2D eigenvalue weighted by atomic mass is 10.1. The van der Waals surface area contributed by atoms with Crippen LogP contribution in [0.25, 0.3) is 10.9 Å². The van der Waals surface area contributed by atoms with E-state index in [1.807, 2.05) is 24.5 Å². The zero-order chi connectivity index (χ0) is 19.6. The van der Waals surface area contributed by atoms with E-state index in [9.17, 15) is 14.4 Å². The van der Waals surface area contributed by atoms with E-state index >= 15 is 0 Å². The molecule has 3 N–H and O–H groups in total. The van der Waals surface area contributed by atoms with Crippen LogP contribution in [0.3, 0.4) is 0 Å². The number of ketones is 1. The fraction of sp³-hybridized carbons (Fsp3) is 0.278. The fourth-order valence-electron chi connectivity index (χ4n) is 2.74. The lowest BCUT2D eigenvalue weighted by molar-refractivity contribution is -0.139. The predicted octanol–water partition coefficient (Wildman–Crippen LogP) is 2.81. The maximum Gasteiger partial charge on any atom is 0.341 e. The van der Waals surface area contributed by atoms with Crippen molar-refractivity contribution in [2.45, 2.75) is 27.3 Å². The molecule has 0 radical (unpaired) electrons. The summed E-state index contributed by atoms with van der Waals surface area (Å²) in [4.78, 5) is 34.9. The summed E-state index contributed by atoms with van der Waals surface area (Å²) < 4.78 is 7.91. The van der Waals surface area contributed by atoms with Gasteiger partial charge in [-0.25, -0.2) is 4.79 Å². The van der Waals surface area contributed by atoms with Crippen LogP contribution in [0.1, 0.15) is 29.9 Å². The van der Waals surface area contributed by atoms with E-state index in [1.165, 1.54) is 0 Å². The molecule has 0 atom stereocenters. The molecular weight excluding hydrogens is 404 g/mol. The van der Waals surface area contributed by atoms with Crippen molar-refractivity contribution in [1.82, 2.24) is 4.57 Å². The summed E-state index contributed by atoms with van der Waals surface area (Å²) in [5.74, 6) is -2.87. The molecule has 0 aliphatic carbocycles. The molecule has 0 bridgehead atoms. The summed E-state index contributed by atoms with van der Waals surface area (Å²) in [7, 11) is 0. The average Bonchev–Trinajstić information content (AvgIpc) is 2.86. The fourth-order valence-corrected chi connectivity index (χ4v) is 3.28. The normalized spacial score (nSPS) is 11.6. The molecule has 138 valence electrons. The zero-order valence-electron chi connectivity index (χ0n) is 14.6. The minimum absolute atomic E-state index is 0.123. The summed E-state index contributed by atoms with van der Waals surface area (Å²) in [6.45, 7) is 5.49. The number of primary amides is 1. The second-order valence-electron chi connectivity index (χ2n) is 5.83. The first kappa shape index (κ1) is 19.7. The van der Waals surface area contributed by atoms with Gasteiger partial charge in [-0.3, -0.25) is 9.59 Å². The molecule has 0 aliphatic heterocycles. The molecule has 2 rings (SSSR count). The Bertz CT molecular complexity index is 943. The molecule has 0 unspecified atom stereocenters. The molecule has 1 heterocycles. The highest BCUT2D eigenvalue weighted by molar-refractivity contribution is 9.10. The average molecular weight is 423 g/mol. The number of aromatic nitrogens is 1. The Kier molecular flexibility index (Phi) is 5.86. The van der Waals surface area contributed by atoms with Crippen LogP contribution in [0.5, 0.6) is 5.75 Å². The number of carbonyl (C=O) groups excluding carboxylic acids is 2. The molecule has 7 nitrogen and oxygen atoms in total. The van der Waals surface area contributed by atoms with Crippen LogP contribution >= 0.6 is 15.9 Å². The number of nitrogens with two attached hydrogens (primary N) is 1.